The van der Waals surface area contributed by atoms with Crippen molar-refractivity contribution in [3.05, 3.63) is 71.7 Å². The average molecular weight is 424 g/mol. The predicted octanol–water partition coefficient (Wildman–Crippen LogP) is 5.04. The number of alkyl halides is 2. The van der Waals surface area contributed by atoms with Gasteiger partial charge in [0.25, 0.3) is 12.3 Å². The number of carbonyl (C=O) groups excluding carboxylic acids is 1. The number of rotatable bonds is 8. The molecule has 7 heteroatoms. The lowest BCUT2D eigenvalue weighted by molar-refractivity contribution is 0.0767. The number of hydrogen-bond acceptors (Lipinski definition) is 3. The Bertz CT molecular complexity index is 1060. The summed E-state index contributed by atoms with van der Waals surface area (Å²) >= 11 is 0. The highest BCUT2D eigenvalue weighted by Gasteiger charge is 2.30. The number of fused-ring (bicyclic) bond motifs is 1. The fourth-order valence-electron chi connectivity index (χ4n) is 3.78. The van der Waals surface area contributed by atoms with E-state index in [1.165, 1.54) is 4.57 Å². The van der Waals surface area contributed by atoms with Crippen molar-refractivity contribution in [1.29, 1.82) is 0 Å². The molecule has 4 rings (SSSR count). The van der Waals surface area contributed by atoms with Crippen molar-refractivity contribution in [2.75, 3.05) is 11.9 Å². The fraction of sp³-hybridized carbons (Fsp3) is 0.333. The van der Waals surface area contributed by atoms with Crippen LogP contribution in [0.5, 0.6) is 0 Å². The molecule has 0 saturated heterocycles. The van der Waals surface area contributed by atoms with Crippen LogP contribution < -0.4 is 5.32 Å². The minimum absolute atomic E-state index is 0.0116. The van der Waals surface area contributed by atoms with E-state index in [-0.39, 0.29) is 12.5 Å². The van der Waals surface area contributed by atoms with Gasteiger partial charge >= 0.3 is 0 Å². The Morgan fingerprint density at radius 2 is 1.87 bits per heavy atom. The third kappa shape index (κ3) is 4.76. The number of nitrogens with zero attached hydrogens (tertiary/aromatic N) is 3. The molecule has 3 aromatic rings. The molecule has 3 heterocycles. The van der Waals surface area contributed by atoms with E-state index in [1.54, 1.807) is 18.6 Å². The molecule has 0 spiro atoms. The molecule has 1 aliphatic heterocycles. The summed E-state index contributed by atoms with van der Waals surface area (Å²) in [5.74, 6) is 1.10. The summed E-state index contributed by atoms with van der Waals surface area (Å²) in [5.41, 5.74) is 4.52. The molecule has 0 bridgehead atoms. The zero-order valence-corrected chi connectivity index (χ0v) is 17.7. The minimum Gasteiger partial charge on any atom is -0.369 e. The van der Waals surface area contributed by atoms with Gasteiger partial charge in [-0.1, -0.05) is 38.1 Å². The lowest BCUT2D eigenvalue weighted by Crippen LogP contribution is -2.24. The Morgan fingerprint density at radius 3 is 2.58 bits per heavy atom. The van der Waals surface area contributed by atoms with Crippen molar-refractivity contribution in [3.63, 3.8) is 0 Å². The van der Waals surface area contributed by atoms with Crippen LogP contribution in [0.4, 0.5) is 14.6 Å². The Morgan fingerprint density at radius 1 is 1.10 bits per heavy atom. The van der Waals surface area contributed by atoms with Crippen LogP contribution in [0, 0.1) is 5.92 Å². The van der Waals surface area contributed by atoms with E-state index in [1.807, 2.05) is 41.3 Å². The van der Waals surface area contributed by atoms with Crippen LogP contribution in [0.3, 0.4) is 0 Å². The lowest BCUT2D eigenvalue weighted by Gasteiger charge is -2.16. The molecule has 31 heavy (non-hydrogen) atoms. The first-order valence-corrected chi connectivity index (χ1v) is 10.4. The second kappa shape index (κ2) is 8.88. The number of anilines is 1. The summed E-state index contributed by atoms with van der Waals surface area (Å²) in [6.07, 6.45) is 2.75. The van der Waals surface area contributed by atoms with Crippen LogP contribution in [0.15, 0.2) is 55.0 Å². The number of benzene rings is 1. The normalized spacial score (nSPS) is 13.4. The monoisotopic (exact) mass is 424 g/mol. The van der Waals surface area contributed by atoms with Gasteiger partial charge in [-0.2, -0.15) is 0 Å². The molecule has 5 nitrogen and oxygen atoms in total. The molecule has 0 radical (unpaired) electrons. The topological polar surface area (TPSA) is 50.2 Å². The highest BCUT2D eigenvalue weighted by molar-refractivity contribution is 6.02. The number of hydrogen-bond donors (Lipinski definition) is 1. The van der Waals surface area contributed by atoms with Crippen molar-refractivity contribution in [2.24, 2.45) is 5.92 Å². The van der Waals surface area contributed by atoms with E-state index >= 15 is 0 Å². The highest BCUT2D eigenvalue weighted by Crippen LogP contribution is 2.29. The third-order valence-corrected chi connectivity index (χ3v) is 5.34. The predicted molar refractivity (Wildman–Crippen MR) is 117 cm³/mol. The van der Waals surface area contributed by atoms with Crippen molar-refractivity contribution in [1.82, 2.24) is 14.5 Å². The second-order valence-electron chi connectivity index (χ2n) is 8.31. The molecule has 0 fully saturated rings. The molecule has 162 valence electrons. The molecule has 1 aromatic carbocycles. The molecule has 1 aliphatic rings. The maximum absolute atomic E-state index is 13.0. The zero-order valence-electron chi connectivity index (χ0n) is 17.7. The highest BCUT2D eigenvalue weighted by atomic mass is 19.3. The summed E-state index contributed by atoms with van der Waals surface area (Å²) in [6.45, 7) is 5.74. The molecule has 2 aromatic heterocycles. The first-order chi connectivity index (χ1) is 14.9. The van der Waals surface area contributed by atoms with E-state index in [4.69, 9.17) is 0 Å². The first kappa shape index (κ1) is 21.0. The van der Waals surface area contributed by atoms with Crippen molar-refractivity contribution in [3.8, 4) is 11.1 Å². The number of carbonyl (C=O) groups is 1. The number of pyridine rings is 1. The molecular formula is C24H26F2N4O. The van der Waals surface area contributed by atoms with Crippen molar-refractivity contribution < 1.29 is 13.6 Å². The van der Waals surface area contributed by atoms with E-state index < -0.39 is 6.43 Å². The van der Waals surface area contributed by atoms with Crippen molar-refractivity contribution >= 4 is 11.7 Å². The fourth-order valence-corrected chi connectivity index (χ4v) is 3.78. The van der Waals surface area contributed by atoms with Gasteiger partial charge in [-0.15, -0.1) is 0 Å². The maximum Gasteiger partial charge on any atom is 0.258 e. The first-order valence-electron chi connectivity index (χ1n) is 10.4. The van der Waals surface area contributed by atoms with Crippen LogP contribution >= 0.6 is 0 Å². The average Bonchev–Trinajstić information content (AvgIpc) is 3.31. The molecule has 1 N–H and O–H groups in total. The molecule has 0 unspecified atom stereocenters. The smallest absolute Gasteiger partial charge is 0.258 e. The third-order valence-electron chi connectivity index (χ3n) is 5.34. The molecular weight excluding hydrogens is 398 g/mol. The Labute approximate surface area is 180 Å². The van der Waals surface area contributed by atoms with Gasteiger partial charge < -0.3 is 14.8 Å². The summed E-state index contributed by atoms with van der Waals surface area (Å²) in [6, 6.07) is 11.6. The standard InChI is InChI=1S/C24H26F2N4O/c1-16(2)11-28-23-22-20(7-9-27-23)14-30(24(22)31)12-17-3-5-18(6-4-17)19-8-10-29(13-19)15-21(25)26/h3-10,13,16,21H,11-12,14-15H2,1-2H3,(H,27,28). The van der Waals surface area contributed by atoms with Gasteiger partial charge in [0, 0.05) is 38.2 Å². The van der Waals surface area contributed by atoms with Crippen LogP contribution in [0.25, 0.3) is 11.1 Å². The minimum atomic E-state index is -2.37. The van der Waals surface area contributed by atoms with Crippen LogP contribution in [0.1, 0.15) is 35.3 Å². The van der Waals surface area contributed by atoms with E-state index in [0.717, 1.165) is 28.8 Å². The largest absolute Gasteiger partial charge is 0.369 e. The van der Waals surface area contributed by atoms with Crippen molar-refractivity contribution in [2.45, 2.75) is 39.9 Å². The quantitative estimate of drug-likeness (QED) is 0.551. The van der Waals surface area contributed by atoms with Gasteiger partial charge in [-0.05, 0) is 40.3 Å². The Kier molecular flexibility index (Phi) is 6.02. The summed E-state index contributed by atoms with van der Waals surface area (Å²) in [7, 11) is 0. The Hall–Kier alpha value is -3.22. The number of nitrogens with one attached hydrogen (secondary N) is 1. The van der Waals surface area contributed by atoms with Crippen LogP contribution in [-0.4, -0.2) is 33.3 Å². The van der Waals surface area contributed by atoms with E-state index in [9.17, 15) is 13.6 Å². The van der Waals surface area contributed by atoms with E-state index in [2.05, 4.69) is 24.1 Å². The van der Waals surface area contributed by atoms with Gasteiger partial charge in [0.05, 0.1) is 12.1 Å². The van der Waals surface area contributed by atoms with Gasteiger partial charge in [0.15, 0.2) is 0 Å². The summed E-state index contributed by atoms with van der Waals surface area (Å²) in [4.78, 5) is 19.2. The second-order valence-corrected chi connectivity index (χ2v) is 8.31. The number of amides is 1. The molecule has 0 aliphatic carbocycles. The zero-order chi connectivity index (χ0) is 22.0. The SMILES string of the molecule is CC(C)CNc1nccc2c1C(=O)N(Cc1ccc(-c3ccn(CC(F)F)c3)cc1)C2. The molecule has 0 saturated carbocycles. The maximum atomic E-state index is 13.0. The summed E-state index contributed by atoms with van der Waals surface area (Å²) in [5, 5.41) is 3.29. The summed E-state index contributed by atoms with van der Waals surface area (Å²) < 4.78 is 26.6. The Balaban J connectivity index is 1.44. The van der Waals surface area contributed by atoms with E-state index in [0.29, 0.717) is 30.4 Å². The van der Waals surface area contributed by atoms with Gasteiger partial charge in [-0.25, -0.2) is 13.8 Å². The lowest BCUT2D eigenvalue weighted by atomic mass is 10.1. The van der Waals surface area contributed by atoms with Crippen LogP contribution in [-0.2, 0) is 19.6 Å². The number of halogens is 2. The van der Waals surface area contributed by atoms with Gasteiger partial charge in [-0.3, -0.25) is 4.79 Å². The number of aromatic nitrogens is 2. The van der Waals surface area contributed by atoms with Crippen LogP contribution in [0.2, 0.25) is 0 Å². The molecule has 1 amide bonds. The van der Waals surface area contributed by atoms with Gasteiger partial charge in [0.1, 0.15) is 5.82 Å². The van der Waals surface area contributed by atoms with Gasteiger partial charge in [0.2, 0.25) is 0 Å². The molecule has 0 atom stereocenters.